The molecule has 2 heterocycles. The number of nitrogens with zero attached hydrogens (tertiary/aromatic N) is 1. The topological polar surface area (TPSA) is 53.6 Å². The molecule has 0 saturated carbocycles. The summed E-state index contributed by atoms with van der Waals surface area (Å²) in [6.07, 6.45) is 1.33. The molecule has 1 saturated heterocycles. The van der Waals surface area contributed by atoms with Crippen molar-refractivity contribution in [1.29, 1.82) is 0 Å². The van der Waals surface area contributed by atoms with E-state index in [1.54, 1.807) is 11.3 Å². The van der Waals surface area contributed by atoms with Crippen LogP contribution in [-0.2, 0) is 11.2 Å². The smallest absolute Gasteiger partial charge is 0.314 e. The molecular formula is C15H24ClN3O2S. The first-order valence-electron chi connectivity index (χ1n) is 7.66. The van der Waals surface area contributed by atoms with Crippen LogP contribution in [0.15, 0.2) is 12.1 Å². The van der Waals surface area contributed by atoms with Gasteiger partial charge in [-0.1, -0.05) is 11.6 Å². The van der Waals surface area contributed by atoms with E-state index in [1.807, 2.05) is 12.1 Å². The van der Waals surface area contributed by atoms with Crippen LogP contribution in [0.25, 0.3) is 0 Å². The van der Waals surface area contributed by atoms with Crippen molar-refractivity contribution < 1.29 is 9.53 Å². The predicted molar refractivity (Wildman–Crippen MR) is 90.9 cm³/mol. The fraction of sp³-hybridized carbons (Fsp3) is 0.667. The lowest BCUT2D eigenvalue weighted by molar-refractivity contribution is -0.0672. The maximum Gasteiger partial charge on any atom is 0.314 e. The van der Waals surface area contributed by atoms with Gasteiger partial charge in [-0.25, -0.2) is 4.79 Å². The van der Waals surface area contributed by atoms with E-state index in [4.69, 9.17) is 16.3 Å². The number of amides is 2. The van der Waals surface area contributed by atoms with Crippen LogP contribution in [-0.4, -0.2) is 55.9 Å². The Hall–Kier alpha value is -0.820. The third kappa shape index (κ3) is 6.12. The zero-order valence-corrected chi connectivity index (χ0v) is 14.7. The van der Waals surface area contributed by atoms with E-state index >= 15 is 0 Å². The van der Waals surface area contributed by atoms with Gasteiger partial charge in [-0.3, -0.25) is 4.90 Å². The van der Waals surface area contributed by atoms with Gasteiger partial charge < -0.3 is 15.4 Å². The molecule has 124 valence electrons. The van der Waals surface area contributed by atoms with E-state index in [0.717, 1.165) is 30.4 Å². The van der Waals surface area contributed by atoms with Gasteiger partial charge in [0.15, 0.2) is 0 Å². The van der Waals surface area contributed by atoms with E-state index in [-0.39, 0.29) is 18.2 Å². The zero-order chi connectivity index (χ0) is 15.9. The average molecular weight is 346 g/mol. The summed E-state index contributed by atoms with van der Waals surface area (Å²) in [4.78, 5) is 15.2. The summed E-state index contributed by atoms with van der Waals surface area (Å²) in [7, 11) is 0. The lowest BCUT2D eigenvalue weighted by atomic mass is 10.2. The molecule has 1 aliphatic heterocycles. The van der Waals surface area contributed by atoms with Gasteiger partial charge in [0.25, 0.3) is 0 Å². The molecule has 2 amide bonds. The van der Waals surface area contributed by atoms with Crippen LogP contribution in [0.2, 0.25) is 4.34 Å². The molecule has 22 heavy (non-hydrogen) atoms. The number of urea groups is 1. The summed E-state index contributed by atoms with van der Waals surface area (Å²) in [5, 5.41) is 5.76. The minimum atomic E-state index is -0.114. The molecule has 0 unspecified atom stereocenters. The van der Waals surface area contributed by atoms with Gasteiger partial charge >= 0.3 is 6.03 Å². The van der Waals surface area contributed by atoms with Gasteiger partial charge in [-0.15, -0.1) is 11.3 Å². The third-order valence-corrected chi connectivity index (χ3v) is 4.79. The van der Waals surface area contributed by atoms with E-state index < -0.39 is 0 Å². The Kier molecular flexibility index (Phi) is 6.95. The van der Waals surface area contributed by atoms with Gasteiger partial charge in [-0.2, -0.15) is 0 Å². The highest BCUT2D eigenvalue weighted by Crippen LogP contribution is 2.21. The van der Waals surface area contributed by atoms with Crippen molar-refractivity contribution in [3.8, 4) is 0 Å². The highest BCUT2D eigenvalue weighted by atomic mass is 35.5. The molecule has 5 nitrogen and oxygen atoms in total. The molecule has 0 bridgehead atoms. The molecule has 0 spiro atoms. The lowest BCUT2D eigenvalue weighted by Crippen LogP contribution is -2.48. The van der Waals surface area contributed by atoms with Crippen molar-refractivity contribution in [2.75, 3.05) is 32.7 Å². The summed E-state index contributed by atoms with van der Waals surface area (Å²) < 4.78 is 6.48. The van der Waals surface area contributed by atoms with Crippen molar-refractivity contribution in [3.05, 3.63) is 21.3 Å². The fourth-order valence-electron chi connectivity index (χ4n) is 2.64. The van der Waals surface area contributed by atoms with E-state index in [2.05, 4.69) is 29.4 Å². The van der Waals surface area contributed by atoms with Crippen molar-refractivity contribution in [3.63, 3.8) is 0 Å². The Morgan fingerprint density at radius 1 is 1.32 bits per heavy atom. The van der Waals surface area contributed by atoms with Crippen LogP contribution in [0.1, 0.15) is 18.7 Å². The van der Waals surface area contributed by atoms with Gasteiger partial charge in [-0.05, 0) is 32.4 Å². The van der Waals surface area contributed by atoms with Crippen molar-refractivity contribution in [2.24, 2.45) is 0 Å². The summed E-state index contributed by atoms with van der Waals surface area (Å²) >= 11 is 7.42. The van der Waals surface area contributed by atoms with Crippen molar-refractivity contribution in [2.45, 2.75) is 32.5 Å². The average Bonchev–Trinajstić information content (AvgIpc) is 2.83. The Balaban J connectivity index is 1.55. The molecule has 1 aliphatic rings. The normalized spacial score (nSPS) is 22.5. The third-order valence-electron chi connectivity index (χ3n) is 3.49. The second-order valence-corrected chi connectivity index (χ2v) is 7.46. The molecule has 0 aliphatic carbocycles. The summed E-state index contributed by atoms with van der Waals surface area (Å²) in [5.41, 5.74) is 0. The van der Waals surface area contributed by atoms with Crippen molar-refractivity contribution >= 4 is 29.0 Å². The SMILES string of the molecule is C[C@@H]1CN(CCNC(=O)NCCc2ccc(Cl)s2)C[C@H](C)O1. The Labute approximate surface area is 141 Å². The first-order chi connectivity index (χ1) is 10.5. The van der Waals surface area contributed by atoms with Crippen LogP contribution in [0.3, 0.4) is 0 Å². The van der Waals surface area contributed by atoms with Gasteiger partial charge in [0.1, 0.15) is 0 Å². The molecule has 2 atom stereocenters. The number of thiophene rings is 1. The van der Waals surface area contributed by atoms with E-state index in [9.17, 15) is 4.79 Å². The molecule has 2 rings (SSSR count). The number of carbonyl (C=O) groups excluding carboxylic acids is 1. The number of rotatable bonds is 6. The predicted octanol–water partition coefficient (Wildman–Crippen LogP) is 2.35. The van der Waals surface area contributed by atoms with Crippen LogP contribution in [0, 0.1) is 0 Å². The van der Waals surface area contributed by atoms with Gasteiger partial charge in [0.05, 0.1) is 16.5 Å². The number of hydrogen-bond acceptors (Lipinski definition) is 4. The van der Waals surface area contributed by atoms with E-state index in [0.29, 0.717) is 13.1 Å². The summed E-state index contributed by atoms with van der Waals surface area (Å²) in [5.74, 6) is 0. The summed E-state index contributed by atoms with van der Waals surface area (Å²) in [6, 6.07) is 3.76. The molecule has 1 aromatic rings. The lowest BCUT2D eigenvalue weighted by Gasteiger charge is -2.35. The number of hydrogen-bond donors (Lipinski definition) is 2. The number of halogens is 1. The van der Waals surface area contributed by atoms with E-state index in [1.165, 1.54) is 4.88 Å². The number of ether oxygens (including phenoxy) is 1. The Morgan fingerprint density at radius 3 is 2.64 bits per heavy atom. The molecule has 2 N–H and O–H groups in total. The highest BCUT2D eigenvalue weighted by molar-refractivity contribution is 7.16. The molecule has 1 aromatic heterocycles. The number of morpholine rings is 1. The number of carbonyl (C=O) groups is 1. The monoisotopic (exact) mass is 345 g/mol. The second-order valence-electron chi connectivity index (χ2n) is 5.66. The minimum Gasteiger partial charge on any atom is -0.373 e. The van der Waals surface area contributed by atoms with Crippen LogP contribution in [0.5, 0.6) is 0 Å². The van der Waals surface area contributed by atoms with Crippen molar-refractivity contribution in [1.82, 2.24) is 15.5 Å². The zero-order valence-electron chi connectivity index (χ0n) is 13.1. The Bertz CT molecular complexity index is 473. The fourth-order valence-corrected chi connectivity index (χ4v) is 3.73. The molecule has 7 heteroatoms. The second kappa shape index (κ2) is 8.72. The molecule has 1 fully saturated rings. The Morgan fingerprint density at radius 2 is 2.00 bits per heavy atom. The molecule has 0 aromatic carbocycles. The summed E-state index contributed by atoms with van der Waals surface area (Å²) in [6.45, 7) is 8.13. The van der Waals surface area contributed by atoms with Gasteiger partial charge in [0, 0.05) is 37.6 Å². The maximum atomic E-state index is 11.7. The standard InChI is InChI=1S/C15H24ClN3O2S/c1-11-9-19(10-12(2)21-11)8-7-18-15(20)17-6-5-13-3-4-14(16)22-13/h3-4,11-12H,5-10H2,1-2H3,(H2,17,18,20)/t11-,12+. The molecular weight excluding hydrogens is 322 g/mol. The number of nitrogens with one attached hydrogen (secondary N) is 2. The largest absolute Gasteiger partial charge is 0.373 e. The molecule has 0 radical (unpaired) electrons. The quantitative estimate of drug-likeness (QED) is 0.832. The highest BCUT2D eigenvalue weighted by Gasteiger charge is 2.21. The van der Waals surface area contributed by atoms with Gasteiger partial charge in [0.2, 0.25) is 0 Å². The first kappa shape index (κ1) is 17.5. The minimum absolute atomic E-state index is 0.114. The van der Waals surface area contributed by atoms with Crippen LogP contribution in [0.4, 0.5) is 4.79 Å². The van der Waals surface area contributed by atoms with Crippen LogP contribution < -0.4 is 10.6 Å². The maximum absolute atomic E-state index is 11.7. The first-order valence-corrected chi connectivity index (χ1v) is 8.86. The van der Waals surface area contributed by atoms with Crippen LogP contribution >= 0.6 is 22.9 Å².